The van der Waals surface area contributed by atoms with E-state index in [2.05, 4.69) is 15.3 Å². The number of hydrogen-bond donors (Lipinski definition) is 1. The highest BCUT2D eigenvalue weighted by molar-refractivity contribution is 7.98. The minimum absolute atomic E-state index is 0.240. The maximum Gasteiger partial charge on any atom is 0.287 e. The lowest BCUT2D eigenvalue weighted by molar-refractivity contribution is 0.0908. The molecule has 2 heterocycles. The summed E-state index contributed by atoms with van der Waals surface area (Å²) < 4.78 is 10.4. The predicted molar refractivity (Wildman–Crippen MR) is 84.0 cm³/mol. The Morgan fingerprint density at radius 2 is 2.05 bits per heavy atom. The van der Waals surface area contributed by atoms with E-state index in [0.29, 0.717) is 35.6 Å². The van der Waals surface area contributed by atoms with Gasteiger partial charge in [0.25, 0.3) is 5.91 Å². The summed E-state index contributed by atoms with van der Waals surface area (Å²) in [6.07, 6.45) is 0. The van der Waals surface area contributed by atoms with E-state index >= 15 is 0 Å². The summed E-state index contributed by atoms with van der Waals surface area (Å²) in [4.78, 5) is 20.5. The zero-order chi connectivity index (χ0) is 15.9. The second-order valence-electron chi connectivity index (χ2n) is 4.74. The van der Waals surface area contributed by atoms with E-state index in [1.165, 1.54) is 11.8 Å². The fourth-order valence-electron chi connectivity index (χ4n) is 1.83. The van der Waals surface area contributed by atoms with E-state index in [1.807, 2.05) is 19.9 Å². The Hall–Kier alpha value is -1.86. The summed E-state index contributed by atoms with van der Waals surface area (Å²) in [5.41, 5.74) is 1.88. The van der Waals surface area contributed by atoms with Gasteiger partial charge in [-0.3, -0.25) is 4.79 Å². The molecule has 0 aromatic carbocycles. The van der Waals surface area contributed by atoms with E-state index in [9.17, 15) is 4.79 Å². The number of hydrogen-bond acceptors (Lipinski definition) is 6. The first kappa shape index (κ1) is 16.5. The Labute approximate surface area is 133 Å². The SMILES string of the molecule is COCCNC(=O)c1ccc(CSc2nc(C)cc(C)n2)o1. The van der Waals surface area contributed by atoms with Gasteiger partial charge in [0, 0.05) is 25.0 Å². The van der Waals surface area contributed by atoms with Crippen molar-refractivity contribution in [1.29, 1.82) is 0 Å². The molecule has 0 spiro atoms. The lowest BCUT2D eigenvalue weighted by Gasteiger charge is -2.02. The fraction of sp³-hybridized carbons (Fsp3) is 0.400. The van der Waals surface area contributed by atoms with Crippen LogP contribution in [0.3, 0.4) is 0 Å². The van der Waals surface area contributed by atoms with Crippen LogP contribution in [0.25, 0.3) is 0 Å². The van der Waals surface area contributed by atoms with Crippen LogP contribution in [0.4, 0.5) is 0 Å². The highest BCUT2D eigenvalue weighted by Gasteiger charge is 2.11. The third kappa shape index (κ3) is 4.85. The second kappa shape index (κ2) is 7.95. The van der Waals surface area contributed by atoms with E-state index in [4.69, 9.17) is 9.15 Å². The van der Waals surface area contributed by atoms with Gasteiger partial charge in [0.2, 0.25) is 0 Å². The number of nitrogens with one attached hydrogen (secondary N) is 1. The number of methoxy groups -OCH3 is 1. The number of nitrogens with zero attached hydrogens (tertiary/aromatic N) is 2. The van der Waals surface area contributed by atoms with Gasteiger partial charge in [-0.15, -0.1) is 0 Å². The Bertz CT molecular complexity index is 622. The summed E-state index contributed by atoms with van der Waals surface area (Å²) in [6.45, 7) is 4.80. The number of ether oxygens (including phenoxy) is 1. The molecule has 2 aromatic rings. The van der Waals surface area contributed by atoms with Crippen LogP contribution in [0.1, 0.15) is 27.7 Å². The number of furan rings is 1. The minimum atomic E-state index is -0.240. The number of thioether (sulfide) groups is 1. The molecule has 0 radical (unpaired) electrons. The molecule has 22 heavy (non-hydrogen) atoms. The van der Waals surface area contributed by atoms with Gasteiger partial charge in [0.1, 0.15) is 5.76 Å². The standard InChI is InChI=1S/C15H19N3O3S/c1-10-8-11(2)18-15(17-10)22-9-12-4-5-13(21-12)14(19)16-6-7-20-3/h4-5,8H,6-7,9H2,1-3H3,(H,16,19). The first-order valence-electron chi connectivity index (χ1n) is 6.89. The zero-order valence-corrected chi connectivity index (χ0v) is 13.7. The van der Waals surface area contributed by atoms with Crippen LogP contribution in [0, 0.1) is 13.8 Å². The largest absolute Gasteiger partial charge is 0.455 e. The van der Waals surface area contributed by atoms with Crippen molar-refractivity contribution in [3.63, 3.8) is 0 Å². The third-order valence-electron chi connectivity index (χ3n) is 2.78. The molecule has 0 aliphatic heterocycles. The summed E-state index contributed by atoms with van der Waals surface area (Å²) >= 11 is 1.48. The van der Waals surface area contributed by atoms with E-state index in [-0.39, 0.29) is 5.91 Å². The molecule has 0 bridgehead atoms. The molecule has 0 fully saturated rings. The summed E-state index contributed by atoms with van der Waals surface area (Å²) in [5.74, 6) is 1.35. The maximum atomic E-state index is 11.8. The van der Waals surface area contributed by atoms with Gasteiger partial charge in [-0.05, 0) is 32.0 Å². The topological polar surface area (TPSA) is 77.2 Å². The van der Waals surface area contributed by atoms with Gasteiger partial charge >= 0.3 is 0 Å². The quantitative estimate of drug-likeness (QED) is 0.479. The van der Waals surface area contributed by atoms with E-state index < -0.39 is 0 Å². The highest BCUT2D eigenvalue weighted by atomic mass is 32.2. The molecule has 0 unspecified atom stereocenters. The highest BCUT2D eigenvalue weighted by Crippen LogP contribution is 2.21. The molecule has 2 aromatic heterocycles. The van der Waals surface area contributed by atoms with Crippen molar-refractivity contribution < 1.29 is 13.9 Å². The molecule has 7 heteroatoms. The number of aryl methyl sites for hydroxylation is 2. The molecule has 6 nitrogen and oxygen atoms in total. The second-order valence-corrected chi connectivity index (χ2v) is 5.68. The van der Waals surface area contributed by atoms with Crippen molar-refractivity contribution in [2.75, 3.05) is 20.3 Å². The Morgan fingerprint density at radius 1 is 1.32 bits per heavy atom. The number of carbonyl (C=O) groups excluding carboxylic acids is 1. The van der Waals surface area contributed by atoms with Gasteiger partial charge in [-0.25, -0.2) is 9.97 Å². The van der Waals surface area contributed by atoms with Crippen LogP contribution < -0.4 is 5.32 Å². The first-order valence-corrected chi connectivity index (χ1v) is 7.88. The van der Waals surface area contributed by atoms with Crippen molar-refractivity contribution >= 4 is 17.7 Å². The first-order chi connectivity index (χ1) is 10.6. The molecule has 2 rings (SSSR count). The van der Waals surface area contributed by atoms with Crippen molar-refractivity contribution in [1.82, 2.24) is 15.3 Å². The Morgan fingerprint density at radius 3 is 2.73 bits per heavy atom. The Balaban J connectivity index is 1.90. The molecule has 1 N–H and O–H groups in total. The normalized spacial score (nSPS) is 10.7. The number of aromatic nitrogens is 2. The minimum Gasteiger partial charge on any atom is -0.455 e. The van der Waals surface area contributed by atoms with Gasteiger partial charge in [-0.2, -0.15) is 0 Å². The molecular formula is C15H19N3O3S. The van der Waals surface area contributed by atoms with Gasteiger partial charge in [0.15, 0.2) is 10.9 Å². The van der Waals surface area contributed by atoms with Crippen molar-refractivity contribution in [3.05, 3.63) is 41.1 Å². The maximum absolute atomic E-state index is 11.8. The number of rotatable bonds is 7. The van der Waals surface area contributed by atoms with Crippen molar-refractivity contribution in [3.8, 4) is 0 Å². The lowest BCUT2D eigenvalue weighted by Crippen LogP contribution is -2.26. The average Bonchev–Trinajstić information content (AvgIpc) is 2.93. The van der Waals surface area contributed by atoms with E-state index in [0.717, 1.165) is 11.4 Å². The average molecular weight is 321 g/mol. The Kier molecular flexibility index (Phi) is 5.97. The van der Waals surface area contributed by atoms with Crippen LogP contribution >= 0.6 is 11.8 Å². The fourth-order valence-corrected chi connectivity index (χ4v) is 2.67. The van der Waals surface area contributed by atoms with Crippen LogP contribution in [0.5, 0.6) is 0 Å². The summed E-state index contributed by atoms with van der Waals surface area (Å²) in [6, 6.07) is 5.39. The van der Waals surface area contributed by atoms with Crippen molar-refractivity contribution in [2.45, 2.75) is 24.8 Å². The van der Waals surface area contributed by atoms with Crippen molar-refractivity contribution in [2.24, 2.45) is 0 Å². The third-order valence-corrected chi connectivity index (χ3v) is 3.65. The molecule has 1 amide bonds. The van der Waals surface area contributed by atoms with E-state index in [1.54, 1.807) is 19.2 Å². The summed E-state index contributed by atoms with van der Waals surface area (Å²) in [5, 5.41) is 3.42. The molecule has 0 saturated carbocycles. The van der Waals surface area contributed by atoms with Crippen LogP contribution in [-0.4, -0.2) is 36.1 Å². The van der Waals surface area contributed by atoms with Crippen LogP contribution in [0.15, 0.2) is 27.8 Å². The van der Waals surface area contributed by atoms with Crippen LogP contribution in [-0.2, 0) is 10.5 Å². The van der Waals surface area contributed by atoms with Crippen LogP contribution in [0.2, 0.25) is 0 Å². The molecule has 0 atom stereocenters. The zero-order valence-electron chi connectivity index (χ0n) is 12.9. The van der Waals surface area contributed by atoms with Gasteiger partial charge in [-0.1, -0.05) is 11.8 Å². The molecule has 0 aliphatic rings. The number of carbonyl (C=O) groups is 1. The monoisotopic (exact) mass is 321 g/mol. The molecular weight excluding hydrogens is 302 g/mol. The molecule has 0 aliphatic carbocycles. The lowest BCUT2D eigenvalue weighted by atomic mass is 10.4. The predicted octanol–water partition coefficient (Wildman–Crippen LogP) is 2.35. The van der Waals surface area contributed by atoms with Gasteiger partial charge < -0.3 is 14.5 Å². The summed E-state index contributed by atoms with van der Waals surface area (Å²) in [7, 11) is 1.59. The van der Waals surface area contributed by atoms with Gasteiger partial charge in [0.05, 0.1) is 12.4 Å². The smallest absolute Gasteiger partial charge is 0.287 e. The molecule has 0 saturated heterocycles. The number of amides is 1. The molecule has 118 valence electrons.